The summed E-state index contributed by atoms with van der Waals surface area (Å²) in [6, 6.07) is 5.47. The molecule has 0 spiro atoms. The van der Waals surface area contributed by atoms with Gasteiger partial charge in [-0.3, -0.25) is 9.48 Å². The summed E-state index contributed by atoms with van der Waals surface area (Å²) in [5, 5.41) is 19.1. The summed E-state index contributed by atoms with van der Waals surface area (Å²) in [4.78, 5) is 25.4. The van der Waals surface area contributed by atoms with E-state index in [0.29, 0.717) is 35.3 Å². The smallest absolute Gasteiger partial charge is 0.277 e. The lowest BCUT2D eigenvalue weighted by Crippen LogP contribution is -2.17. The molecule has 1 aliphatic rings. The molecule has 1 saturated carbocycles. The number of pyridine rings is 1. The number of anilines is 3. The van der Waals surface area contributed by atoms with Crippen molar-refractivity contribution in [1.29, 1.82) is 0 Å². The van der Waals surface area contributed by atoms with Crippen molar-refractivity contribution < 1.29 is 9.90 Å². The molecular formula is C18H19N7O2. The molecule has 3 aromatic rings. The summed E-state index contributed by atoms with van der Waals surface area (Å²) in [6.07, 6.45) is 8.58. The van der Waals surface area contributed by atoms with Crippen molar-refractivity contribution in [1.82, 2.24) is 24.7 Å². The maximum Gasteiger partial charge on any atom is 0.277 e. The number of aliphatic hydroxyl groups excluding tert-OH is 1. The molecular weight excluding hydrogens is 346 g/mol. The Morgan fingerprint density at radius 2 is 2.04 bits per heavy atom. The van der Waals surface area contributed by atoms with Gasteiger partial charge in [-0.15, -0.1) is 0 Å². The molecule has 3 N–H and O–H groups in total. The second kappa shape index (κ2) is 7.50. The molecule has 0 atom stereocenters. The first-order valence-electron chi connectivity index (χ1n) is 8.71. The summed E-state index contributed by atoms with van der Waals surface area (Å²) in [7, 11) is 0. The summed E-state index contributed by atoms with van der Waals surface area (Å²) in [6.45, 7) is 0.347. The molecule has 4 rings (SSSR count). The van der Waals surface area contributed by atoms with Crippen molar-refractivity contribution in [2.45, 2.75) is 25.3 Å². The highest BCUT2D eigenvalue weighted by atomic mass is 16.3. The second-order valence-corrected chi connectivity index (χ2v) is 6.30. The van der Waals surface area contributed by atoms with E-state index in [1.54, 1.807) is 29.3 Å². The van der Waals surface area contributed by atoms with E-state index in [-0.39, 0.29) is 12.5 Å². The third-order valence-corrected chi connectivity index (χ3v) is 4.18. The number of carbonyl (C=O) groups excluding carboxylic acids is 1. The van der Waals surface area contributed by atoms with Crippen molar-refractivity contribution in [3.05, 3.63) is 54.5 Å². The van der Waals surface area contributed by atoms with E-state index in [2.05, 4.69) is 30.7 Å². The maximum absolute atomic E-state index is 12.8. The second-order valence-electron chi connectivity index (χ2n) is 6.30. The van der Waals surface area contributed by atoms with Crippen LogP contribution in [0.5, 0.6) is 0 Å². The third kappa shape index (κ3) is 4.09. The van der Waals surface area contributed by atoms with Gasteiger partial charge in [0, 0.05) is 23.9 Å². The number of nitrogens with one attached hydrogen (secondary N) is 2. The highest BCUT2D eigenvalue weighted by molar-refractivity contribution is 6.06. The molecule has 0 aromatic carbocycles. The molecule has 9 nitrogen and oxygen atoms in total. The summed E-state index contributed by atoms with van der Waals surface area (Å²) >= 11 is 0. The molecule has 3 aromatic heterocycles. The van der Waals surface area contributed by atoms with Crippen LogP contribution in [0.4, 0.5) is 17.2 Å². The zero-order chi connectivity index (χ0) is 18.6. The fourth-order valence-corrected chi connectivity index (χ4v) is 2.70. The Bertz CT molecular complexity index is 938. The Morgan fingerprint density at radius 1 is 1.22 bits per heavy atom. The molecule has 3 heterocycles. The van der Waals surface area contributed by atoms with E-state index in [1.165, 1.54) is 6.33 Å². The monoisotopic (exact) mass is 365 g/mol. The van der Waals surface area contributed by atoms with Crippen LogP contribution >= 0.6 is 0 Å². The maximum atomic E-state index is 12.8. The Labute approximate surface area is 155 Å². The highest BCUT2D eigenvalue weighted by Crippen LogP contribution is 2.39. The fraction of sp³-hybridized carbons (Fsp3) is 0.278. The van der Waals surface area contributed by atoms with Crippen LogP contribution in [0.25, 0.3) is 0 Å². The van der Waals surface area contributed by atoms with E-state index in [9.17, 15) is 4.79 Å². The molecule has 0 radical (unpaired) electrons. The Morgan fingerprint density at radius 3 is 2.78 bits per heavy atom. The van der Waals surface area contributed by atoms with Crippen LogP contribution in [0.3, 0.4) is 0 Å². The van der Waals surface area contributed by atoms with Gasteiger partial charge in [0.1, 0.15) is 6.33 Å². The van der Waals surface area contributed by atoms with Gasteiger partial charge >= 0.3 is 0 Å². The first-order chi connectivity index (χ1) is 13.2. The van der Waals surface area contributed by atoms with E-state index in [4.69, 9.17) is 5.11 Å². The lowest BCUT2D eigenvalue weighted by molar-refractivity contribution is 0.102. The summed E-state index contributed by atoms with van der Waals surface area (Å²) < 4.78 is 1.56. The van der Waals surface area contributed by atoms with E-state index < -0.39 is 0 Å². The lowest BCUT2D eigenvalue weighted by Gasteiger charge is -2.12. The van der Waals surface area contributed by atoms with Crippen LogP contribution in [0.15, 0.2) is 43.1 Å². The zero-order valence-corrected chi connectivity index (χ0v) is 14.5. The van der Waals surface area contributed by atoms with Gasteiger partial charge in [-0.1, -0.05) is 0 Å². The highest BCUT2D eigenvalue weighted by Gasteiger charge is 2.27. The number of amides is 1. The quantitative estimate of drug-likeness (QED) is 0.585. The number of hydrogen-bond donors (Lipinski definition) is 3. The van der Waals surface area contributed by atoms with Crippen molar-refractivity contribution in [2.24, 2.45) is 0 Å². The van der Waals surface area contributed by atoms with Gasteiger partial charge in [0.15, 0.2) is 11.5 Å². The number of hydrogen-bond acceptors (Lipinski definition) is 7. The standard InChI is InChI=1S/C18H19N7O2/c26-8-7-25-6-5-16(24-25)23-18(27)17-15(21-13-9-19-11-20-10-13)4-3-14(22-17)12-1-2-12/h3-6,9-12,21,26H,1-2,7-8H2,(H,23,24,27). The predicted molar refractivity (Wildman–Crippen MR) is 98.8 cm³/mol. The van der Waals surface area contributed by atoms with E-state index >= 15 is 0 Å². The normalized spacial score (nSPS) is 13.4. The molecule has 27 heavy (non-hydrogen) atoms. The van der Waals surface area contributed by atoms with Crippen molar-refractivity contribution in [3.8, 4) is 0 Å². The van der Waals surface area contributed by atoms with Gasteiger partial charge < -0.3 is 15.7 Å². The van der Waals surface area contributed by atoms with Gasteiger partial charge in [0.05, 0.1) is 36.9 Å². The molecule has 0 bridgehead atoms. The molecule has 9 heteroatoms. The van der Waals surface area contributed by atoms with Crippen LogP contribution in [0, 0.1) is 0 Å². The minimum atomic E-state index is -0.355. The number of aromatic nitrogens is 5. The number of nitrogens with zero attached hydrogens (tertiary/aromatic N) is 5. The van der Waals surface area contributed by atoms with Crippen LogP contribution < -0.4 is 10.6 Å². The molecule has 1 amide bonds. The predicted octanol–water partition coefficient (Wildman–Crippen LogP) is 1.93. The van der Waals surface area contributed by atoms with Gasteiger partial charge in [-0.25, -0.2) is 15.0 Å². The minimum absolute atomic E-state index is 0.0206. The van der Waals surface area contributed by atoms with Gasteiger partial charge in [0.2, 0.25) is 0 Å². The Kier molecular flexibility index (Phi) is 4.75. The van der Waals surface area contributed by atoms with Crippen LogP contribution in [-0.4, -0.2) is 42.4 Å². The fourth-order valence-electron chi connectivity index (χ4n) is 2.70. The van der Waals surface area contributed by atoms with Gasteiger partial charge in [-0.2, -0.15) is 5.10 Å². The average Bonchev–Trinajstić information content (AvgIpc) is 3.44. The first-order valence-corrected chi connectivity index (χ1v) is 8.71. The number of aliphatic hydroxyl groups is 1. The molecule has 138 valence electrons. The first kappa shape index (κ1) is 17.1. The van der Waals surface area contributed by atoms with Crippen LogP contribution in [0.1, 0.15) is 34.9 Å². The number of carbonyl (C=O) groups is 1. The van der Waals surface area contributed by atoms with Crippen LogP contribution in [-0.2, 0) is 6.54 Å². The summed E-state index contributed by atoms with van der Waals surface area (Å²) in [5.74, 6) is 0.474. The largest absolute Gasteiger partial charge is 0.394 e. The van der Waals surface area contributed by atoms with Crippen molar-refractivity contribution in [3.63, 3.8) is 0 Å². The molecule has 0 unspecified atom stereocenters. The molecule has 1 fully saturated rings. The van der Waals surface area contributed by atoms with E-state index in [1.807, 2.05) is 12.1 Å². The van der Waals surface area contributed by atoms with Gasteiger partial charge in [0.25, 0.3) is 5.91 Å². The van der Waals surface area contributed by atoms with Crippen molar-refractivity contribution in [2.75, 3.05) is 17.2 Å². The average molecular weight is 365 g/mol. The SMILES string of the molecule is O=C(Nc1ccn(CCO)n1)c1nc(C2CC2)ccc1Nc1cncnc1. The minimum Gasteiger partial charge on any atom is -0.394 e. The number of rotatable bonds is 7. The molecule has 0 saturated heterocycles. The Balaban J connectivity index is 1.59. The molecule has 1 aliphatic carbocycles. The Hall–Kier alpha value is -3.33. The zero-order valence-electron chi connectivity index (χ0n) is 14.5. The summed E-state index contributed by atoms with van der Waals surface area (Å²) in [5.41, 5.74) is 2.45. The molecule has 0 aliphatic heterocycles. The van der Waals surface area contributed by atoms with Gasteiger partial charge in [-0.05, 0) is 25.0 Å². The van der Waals surface area contributed by atoms with Crippen LogP contribution in [0.2, 0.25) is 0 Å². The van der Waals surface area contributed by atoms with E-state index in [0.717, 1.165) is 18.5 Å². The van der Waals surface area contributed by atoms with Crippen molar-refractivity contribution >= 4 is 23.1 Å². The third-order valence-electron chi connectivity index (χ3n) is 4.18. The lowest BCUT2D eigenvalue weighted by atomic mass is 10.2. The topological polar surface area (TPSA) is 118 Å².